The van der Waals surface area contributed by atoms with Gasteiger partial charge in [0.25, 0.3) is 0 Å². The van der Waals surface area contributed by atoms with Crippen LogP contribution in [0.3, 0.4) is 0 Å². The number of rotatable bonds is 3. The molecular formula is C11H18N2O2. The van der Waals surface area contributed by atoms with Crippen molar-refractivity contribution in [2.75, 3.05) is 13.2 Å². The Balaban J connectivity index is 2.10. The van der Waals surface area contributed by atoms with Gasteiger partial charge in [0.05, 0.1) is 5.69 Å². The molecular weight excluding hydrogens is 192 g/mol. The van der Waals surface area contributed by atoms with Crippen molar-refractivity contribution in [3.8, 4) is 0 Å². The van der Waals surface area contributed by atoms with Gasteiger partial charge in [-0.25, -0.2) is 4.98 Å². The van der Waals surface area contributed by atoms with Crippen LogP contribution in [0.2, 0.25) is 0 Å². The summed E-state index contributed by atoms with van der Waals surface area (Å²) in [4.78, 5) is 4.41. The molecule has 0 bridgehead atoms. The molecule has 1 aliphatic rings. The molecule has 1 atom stereocenters. The highest BCUT2D eigenvalue weighted by Gasteiger charge is 2.22. The Morgan fingerprint density at radius 1 is 1.47 bits per heavy atom. The number of aryl methyl sites for hydroxylation is 1. The first kappa shape index (κ1) is 10.6. The van der Waals surface area contributed by atoms with Crippen molar-refractivity contribution in [2.24, 2.45) is 5.73 Å². The minimum absolute atomic E-state index is 0.0592. The minimum atomic E-state index is 0.0592. The molecule has 1 aromatic rings. The lowest BCUT2D eigenvalue weighted by Gasteiger charge is -2.19. The fourth-order valence-electron chi connectivity index (χ4n) is 1.89. The average molecular weight is 210 g/mol. The number of aromatic nitrogens is 1. The van der Waals surface area contributed by atoms with Gasteiger partial charge < -0.3 is 14.9 Å². The summed E-state index contributed by atoms with van der Waals surface area (Å²) in [7, 11) is 0. The summed E-state index contributed by atoms with van der Waals surface area (Å²) in [5.74, 6) is 1.64. The van der Waals surface area contributed by atoms with Crippen LogP contribution >= 0.6 is 0 Å². The van der Waals surface area contributed by atoms with E-state index in [0.717, 1.165) is 43.2 Å². The summed E-state index contributed by atoms with van der Waals surface area (Å²) >= 11 is 0. The molecule has 0 radical (unpaired) electrons. The van der Waals surface area contributed by atoms with Gasteiger partial charge in [-0.1, -0.05) is 0 Å². The van der Waals surface area contributed by atoms with Crippen molar-refractivity contribution in [3.63, 3.8) is 0 Å². The summed E-state index contributed by atoms with van der Waals surface area (Å²) in [6.45, 7) is 3.38. The number of oxazole rings is 1. The zero-order valence-corrected chi connectivity index (χ0v) is 9.16. The van der Waals surface area contributed by atoms with Crippen LogP contribution < -0.4 is 5.73 Å². The third-order valence-electron chi connectivity index (χ3n) is 2.74. The van der Waals surface area contributed by atoms with Crippen LogP contribution in [0.1, 0.15) is 42.7 Å². The molecule has 0 aromatic carbocycles. The summed E-state index contributed by atoms with van der Waals surface area (Å²) in [5.41, 5.74) is 6.45. The Morgan fingerprint density at radius 2 is 2.33 bits per heavy atom. The standard InChI is InChI=1S/C11H18N2O2/c1-8-9(5-6-12)15-11(13-8)10-4-2-3-7-14-10/h10H,2-7,12H2,1H3. The second-order valence-corrected chi connectivity index (χ2v) is 3.95. The minimum Gasteiger partial charge on any atom is -0.443 e. The molecule has 4 nitrogen and oxygen atoms in total. The maximum absolute atomic E-state index is 5.68. The Morgan fingerprint density at radius 3 is 3.00 bits per heavy atom. The smallest absolute Gasteiger partial charge is 0.223 e. The first-order chi connectivity index (χ1) is 7.31. The molecule has 1 saturated heterocycles. The molecule has 0 saturated carbocycles. The summed E-state index contributed by atoms with van der Waals surface area (Å²) in [6.07, 6.45) is 4.17. The zero-order chi connectivity index (χ0) is 10.7. The predicted molar refractivity (Wildman–Crippen MR) is 56.5 cm³/mol. The second kappa shape index (κ2) is 4.77. The molecule has 1 unspecified atom stereocenters. The molecule has 2 heterocycles. The van der Waals surface area contributed by atoms with Crippen molar-refractivity contribution >= 4 is 0 Å². The van der Waals surface area contributed by atoms with Crippen LogP contribution in [0.25, 0.3) is 0 Å². The maximum atomic E-state index is 5.68. The number of ether oxygens (including phenoxy) is 1. The highest BCUT2D eigenvalue weighted by Crippen LogP contribution is 2.28. The second-order valence-electron chi connectivity index (χ2n) is 3.95. The third kappa shape index (κ3) is 2.38. The normalized spacial score (nSPS) is 21.9. The number of nitrogens with zero attached hydrogens (tertiary/aromatic N) is 1. The highest BCUT2D eigenvalue weighted by atomic mass is 16.5. The molecule has 1 aliphatic heterocycles. The van der Waals surface area contributed by atoms with Crippen LogP contribution in [0.5, 0.6) is 0 Å². The third-order valence-corrected chi connectivity index (χ3v) is 2.74. The van der Waals surface area contributed by atoms with E-state index in [0.29, 0.717) is 6.54 Å². The van der Waals surface area contributed by atoms with E-state index >= 15 is 0 Å². The van der Waals surface area contributed by atoms with Gasteiger partial charge in [-0.3, -0.25) is 0 Å². The van der Waals surface area contributed by atoms with Crippen LogP contribution in [-0.4, -0.2) is 18.1 Å². The van der Waals surface area contributed by atoms with Crippen LogP contribution in [0.4, 0.5) is 0 Å². The van der Waals surface area contributed by atoms with E-state index in [1.54, 1.807) is 0 Å². The van der Waals surface area contributed by atoms with E-state index in [9.17, 15) is 0 Å². The average Bonchev–Trinajstić information content (AvgIpc) is 2.63. The van der Waals surface area contributed by atoms with E-state index in [1.165, 1.54) is 6.42 Å². The van der Waals surface area contributed by atoms with E-state index in [-0.39, 0.29) is 6.10 Å². The van der Waals surface area contributed by atoms with Gasteiger partial charge in [0, 0.05) is 13.0 Å². The number of nitrogens with two attached hydrogens (primary N) is 1. The lowest BCUT2D eigenvalue weighted by Crippen LogP contribution is -2.11. The lowest BCUT2D eigenvalue weighted by molar-refractivity contribution is -0.00202. The number of hydrogen-bond donors (Lipinski definition) is 1. The van der Waals surface area contributed by atoms with Gasteiger partial charge in [-0.05, 0) is 32.7 Å². The fraction of sp³-hybridized carbons (Fsp3) is 0.727. The van der Waals surface area contributed by atoms with Crippen molar-refractivity contribution in [2.45, 2.75) is 38.7 Å². The first-order valence-electron chi connectivity index (χ1n) is 5.59. The maximum Gasteiger partial charge on any atom is 0.223 e. The van der Waals surface area contributed by atoms with E-state index in [2.05, 4.69) is 4.98 Å². The Hall–Kier alpha value is -0.870. The predicted octanol–water partition coefficient (Wildman–Crippen LogP) is 1.73. The molecule has 15 heavy (non-hydrogen) atoms. The molecule has 0 spiro atoms. The largest absolute Gasteiger partial charge is 0.443 e. The fourth-order valence-corrected chi connectivity index (χ4v) is 1.89. The molecule has 1 aromatic heterocycles. The van der Waals surface area contributed by atoms with Crippen molar-refractivity contribution in [1.82, 2.24) is 4.98 Å². The van der Waals surface area contributed by atoms with Crippen molar-refractivity contribution in [3.05, 3.63) is 17.3 Å². The van der Waals surface area contributed by atoms with Crippen molar-refractivity contribution in [1.29, 1.82) is 0 Å². The summed E-state index contributed by atoms with van der Waals surface area (Å²) in [5, 5.41) is 0. The van der Waals surface area contributed by atoms with E-state index in [1.807, 2.05) is 6.92 Å². The van der Waals surface area contributed by atoms with E-state index < -0.39 is 0 Å². The molecule has 2 rings (SSSR count). The highest BCUT2D eigenvalue weighted by molar-refractivity contribution is 5.09. The molecule has 2 N–H and O–H groups in total. The summed E-state index contributed by atoms with van der Waals surface area (Å²) in [6, 6.07) is 0. The molecule has 4 heteroatoms. The molecule has 1 fully saturated rings. The Labute approximate surface area is 89.8 Å². The number of hydrogen-bond acceptors (Lipinski definition) is 4. The lowest BCUT2D eigenvalue weighted by atomic mass is 10.1. The van der Waals surface area contributed by atoms with Crippen LogP contribution in [0.15, 0.2) is 4.42 Å². The topological polar surface area (TPSA) is 61.3 Å². The SMILES string of the molecule is Cc1nc(C2CCCCO2)oc1CCN. The summed E-state index contributed by atoms with van der Waals surface area (Å²) < 4.78 is 11.3. The quantitative estimate of drug-likeness (QED) is 0.825. The molecule has 0 amide bonds. The monoisotopic (exact) mass is 210 g/mol. The van der Waals surface area contributed by atoms with E-state index in [4.69, 9.17) is 14.9 Å². The van der Waals surface area contributed by atoms with Gasteiger partial charge in [0.2, 0.25) is 5.89 Å². The Bertz CT molecular complexity index is 316. The van der Waals surface area contributed by atoms with Gasteiger partial charge in [0.1, 0.15) is 11.9 Å². The van der Waals surface area contributed by atoms with Crippen LogP contribution in [-0.2, 0) is 11.2 Å². The first-order valence-corrected chi connectivity index (χ1v) is 5.59. The van der Waals surface area contributed by atoms with Crippen molar-refractivity contribution < 1.29 is 9.15 Å². The van der Waals surface area contributed by atoms with Gasteiger partial charge >= 0.3 is 0 Å². The van der Waals surface area contributed by atoms with Crippen LogP contribution in [0, 0.1) is 6.92 Å². The molecule has 0 aliphatic carbocycles. The van der Waals surface area contributed by atoms with Gasteiger partial charge in [-0.2, -0.15) is 0 Å². The zero-order valence-electron chi connectivity index (χ0n) is 9.16. The Kier molecular flexibility index (Phi) is 3.38. The van der Waals surface area contributed by atoms with Gasteiger partial charge in [-0.15, -0.1) is 0 Å². The molecule has 84 valence electrons. The van der Waals surface area contributed by atoms with Gasteiger partial charge in [0.15, 0.2) is 0 Å².